The molecule has 1 fully saturated rings. The van der Waals surface area contributed by atoms with Crippen molar-refractivity contribution in [3.63, 3.8) is 0 Å². The van der Waals surface area contributed by atoms with E-state index in [1.165, 1.54) is 5.56 Å². The smallest absolute Gasteiger partial charge is 0.251 e. The third-order valence-corrected chi connectivity index (χ3v) is 4.49. The fourth-order valence-corrected chi connectivity index (χ4v) is 2.93. The Labute approximate surface area is 160 Å². The van der Waals surface area contributed by atoms with E-state index >= 15 is 0 Å². The Bertz CT molecular complexity index is 757. The summed E-state index contributed by atoms with van der Waals surface area (Å²) in [7, 11) is 0. The van der Waals surface area contributed by atoms with Crippen LogP contribution in [0.15, 0.2) is 30.3 Å². The van der Waals surface area contributed by atoms with Crippen LogP contribution in [-0.4, -0.2) is 55.3 Å². The summed E-state index contributed by atoms with van der Waals surface area (Å²) in [5.74, 6) is 1.42. The van der Waals surface area contributed by atoms with Gasteiger partial charge in [0.25, 0.3) is 5.91 Å². The highest BCUT2D eigenvalue weighted by atomic mass is 16.5. The Hall–Kier alpha value is -2.67. The number of benzene rings is 1. The molecule has 1 aliphatic heterocycles. The number of aromatic nitrogens is 2. The summed E-state index contributed by atoms with van der Waals surface area (Å²) in [5.41, 5.74) is 2.81. The molecule has 0 bridgehead atoms. The minimum absolute atomic E-state index is 0.0707. The number of amides is 1. The van der Waals surface area contributed by atoms with Crippen LogP contribution in [-0.2, 0) is 11.2 Å². The van der Waals surface area contributed by atoms with Gasteiger partial charge >= 0.3 is 0 Å². The number of hydrogen-bond donors (Lipinski definition) is 2. The van der Waals surface area contributed by atoms with E-state index in [0.29, 0.717) is 24.6 Å². The molecule has 2 N–H and O–H groups in total. The van der Waals surface area contributed by atoms with Crippen LogP contribution in [0.3, 0.4) is 0 Å². The van der Waals surface area contributed by atoms with Crippen LogP contribution in [0.1, 0.15) is 28.5 Å². The zero-order valence-corrected chi connectivity index (χ0v) is 16.0. The van der Waals surface area contributed by atoms with Gasteiger partial charge in [-0.2, -0.15) is 4.98 Å². The number of morpholine rings is 1. The summed E-state index contributed by atoms with van der Waals surface area (Å²) < 4.78 is 5.39. The fourth-order valence-electron chi connectivity index (χ4n) is 2.93. The van der Waals surface area contributed by atoms with E-state index in [9.17, 15) is 4.79 Å². The highest BCUT2D eigenvalue weighted by Crippen LogP contribution is 2.16. The molecule has 1 aromatic carbocycles. The number of carbonyl (C=O) groups is 1. The summed E-state index contributed by atoms with van der Waals surface area (Å²) in [4.78, 5) is 23.4. The van der Waals surface area contributed by atoms with Crippen molar-refractivity contribution in [3.05, 3.63) is 47.2 Å². The van der Waals surface area contributed by atoms with Gasteiger partial charge in [0.2, 0.25) is 5.95 Å². The molecule has 27 heavy (non-hydrogen) atoms. The molecule has 0 saturated carbocycles. The average molecular weight is 369 g/mol. The second kappa shape index (κ2) is 9.32. The summed E-state index contributed by atoms with van der Waals surface area (Å²) >= 11 is 0. The van der Waals surface area contributed by atoms with Crippen LogP contribution in [0, 0.1) is 6.92 Å². The Balaban J connectivity index is 1.49. The molecule has 0 unspecified atom stereocenters. The first kappa shape index (κ1) is 19.1. The minimum atomic E-state index is -0.0707. The summed E-state index contributed by atoms with van der Waals surface area (Å²) in [5, 5.41) is 6.11. The van der Waals surface area contributed by atoms with E-state index in [1.54, 1.807) is 0 Å². The van der Waals surface area contributed by atoms with E-state index in [2.05, 4.69) is 32.4 Å². The molecule has 0 aliphatic carbocycles. The van der Waals surface area contributed by atoms with Crippen LogP contribution in [0.4, 0.5) is 11.8 Å². The minimum Gasteiger partial charge on any atom is -0.378 e. The lowest BCUT2D eigenvalue weighted by Crippen LogP contribution is -2.37. The van der Waals surface area contributed by atoms with Gasteiger partial charge in [-0.25, -0.2) is 4.98 Å². The number of carbonyl (C=O) groups excluding carboxylic acids is 1. The van der Waals surface area contributed by atoms with Crippen LogP contribution in [0.25, 0.3) is 0 Å². The van der Waals surface area contributed by atoms with E-state index in [0.717, 1.165) is 44.2 Å². The predicted octanol–water partition coefficient (Wildman–Crippen LogP) is 2.03. The lowest BCUT2D eigenvalue weighted by atomic mass is 10.1. The molecule has 0 radical (unpaired) electrons. The van der Waals surface area contributed by atoms with Crippen LogP contribution >= 0.6 is 0 Å². The first-order chi connectivity index (χ1) is 13.2. The lowest BCUT2D eigenvalue weighted by Gasteiger charge is -2.28. The molecule has 7 nitrogen and oxygen atoms in total. The maximum Gasteiger partial charge on any atom is 0.251 e. The number of nitrogens with one attached hydrogen (secondary N) is 2. The van der Waals surface area contributed by atoms with Gasteiger partial charge in [-0.3, -0.25) is 4.79 Å². The molecule has 2 heterocycles. The van der Waals surface area contributed by atoms with Crippen molar-refractivity contribution in [2.75, 3.05) is 49.6 Å². The van der Waals surface area contributed by atoms with Crippen molar-refractivity contribution >= 4 is 17.7 Å². The molecular formula is C20H27N5O2. The maximum absolute atomic E-state index is 12.2. The molecule has 1 amide bonds. The second-order valence-corrected chi connectivity index (χ2v) is 6.52. The van der Waals surface area contributed by atoms with E-state index < -0.39 is 0 Å². The molecule has 144 valence electrons. The Morgan fingerprint density at radius 1 is 1.15 bits per heavy atom. The van der Waals surface area contributed by atoms with E-state index in [4.69, 9.17) is 4.74 Å². The van der Waals surface area contributed by atoms with Crippen molar-refractivity contribution in [2.45, 2.75) is 20.3 Å². The third-order valence-electron chi connectivity index (χ3n) is 4.49. The summed E-state index contributed by atoms with van der Waals surface area (Å²) in [6, 6.07) is 9.68. The second-order valence-electron chi connectivity index (χ2n) is 6.52. The summed E-state index contributed by atoms with van der Waals surface area (Å²) in [6.45, 7) is 8.22. The molecule has 1 aromatic heterocycles. The zero-order valence-electron chi connectivity index (χ0n) is 16.0. The number of hydrogen-bond acceptors (Lipinski definition) is 6. The van der Waals surface area contributed by atoms with E-state index in [-0.39, 0.29) is 5.91 Å². The zero-order chi connectivity index (χ0) is 19.1. The normalized spacial score (nSPS) is 14.1. The monoisotopic (exact) mass is 369 g/mol. The highest BCUT2D eigenvalue weighted by molar-refractivity contribution is 5.94. The van der Waals surface area contributed by atoms with Crippen molar-refractivity contribution in [3.8, 4) is 0 Å². The van der Waals surface area contributed by atoms with Crippen molar-refractivity contribution in [1.29, 1.82) is 0 Å². The first-order valence-corrected chi connectivity index (χ1v) is 9.45. The SMILES string of the molecule is CCc1ccc(C(=O)NCCNc2nc(C)cc(N3CCOCC3)n2)cc1. The molecule has 0 spiro atoms. The number of nitrogens with zero attached hydrogens (tertiary/aromatic N) is 3. The number of aryl methyl sites for hydroxylation is 2. The highest BCUT2D eigenvalue weighted by Gasteiger charge is 2.14. The van der Waals surface area contributed by atoms with Gasteiger partial charge in [0.1, 0.15) is 5.82 Å². The van der Waals surface area contributed by atoms with Gasteiger partial charge in [0.15, 0.2) is 0 Å². The fraction of sp³-hybridized carbons (Fsp3) is 0.450. The molecule has 3 rings (SSSR count). The Morgan fingerprint density at radius 2 is 1.89 bits per heavy atom. The lowest BCUT2D eigenvalue weighted by molar-refractivity contribution is 0.0955. The maximum atomic E-state index is 12.2. The topological polar surface area (TPSA) is 79.4 Å². The van der Waals surface area contributed by atoms with Crippen LogP contribution in [0.5, 0.6) is 0 Å². The van der Waals surface area contributed by atoms with Gasteiger partial charge in [-0.1, -0.05) is 19.1 Å². The van der Waals surface area contributed by atoms with Gasteiger partial charge in [-0.05, 0) is 31.0 Å². The molecular weight excluding hydrogens is 342 g/mol. The third kappa shape index (κ3) is 5.40. The predicted molar refractivity (Wildman–Crippen MR) is 106 cm³/mol. The molecule has 1 aliphatic rings. The molecule has 7 heteroatoms. The van der Waals surface area contributed by atoms with Crippen LogP contribution < -0.4 is 15.5 Å². The quantitative estimate of drug-likeness (QED) is 0.727. The average Bonchev–Trinajstić information content (AvgIpc) is 2.71. The largest absolute Gasteiger partial charge is 0.378 e. The van der Waals surface area contributed by atoms with Gasteiger partial charge in [0, 0.05) is 43.5 Å². The first-order valence-electron chi connectivity index (χ1n) is 9.45. The molecule has 1 saturated heterocycles. The van der Waals surface area contributed by atoms with Crippen molar-refractivity contribution in [1.82, 2.24) is 15.3 Å². The van der Waals surface area contributed by atoms with Gasteiger partial charge < -0.3 is 20.3 Å². The number of rotatable bonds is 7. The number of ether oxygens (including phenoxy) is 1. The van der Waals surface area contributed by atoms with Crippen molar-refractivity contribution < 1.29 is 9.53 Å². The Morgan fingerprint density at radius 3 is 2.59 bits per heavy atom. The number of anilines is 2. The molecule has 2 aromatic rings. The molecule has 0 atom stereocenters. The van der Waals surface area contributed by atoms with Crippen LogP contribution in [0.2, 0.25) is 0 Å². The summed E-state index contributed by atoms with van der Waals surface area (Å²) in [6.07, 6.45) is 0.967. The van der Waals surface area contributed by atoms with Crippen molar-refractivity contribution in [2.24, 2.45) is 0 Å². The Kier molecular flexibility index (Phi) is 6.59. The van der Waals surface area contributed by atoms with E-state index in [1.807, 2.05) is 37.3 Å². The standard InChI is InChI=1S/C20H27N5O2/c1-3-16-4-6-17(7-5-16)19(26)21-8-9-22-20-23-15(2)14-18(24-20)25-10-12-27-13-11-25/h4-7,14H,3,8-13H2,1-2H3,(H,21,26)(H,22,23,24). The van der Waals surface area contributed by atoms with Gasteiger partial charge in [-0.15, -0.1) is 0 Å². The van der Waals surface area contributed by atoms with Gasteiger partial charge in [0.05, 0.1) is 13.2 Å².